The molecule has 1 aromatic rings. The van der Waals surface area contributed by atoms with Gasteiger partial charge in [-0.05, 0) is 36.5 Å². The van der Waals surface area contributed by atoms with Crippen LogP contribution in [0.15, 0.2) is 24.3 Å². The first kappa shape index (κ1) is 15.5. The molecule has 0 aliphatic carbocycles. The first-order chi connectivity index (χ1) is 8.99. The van der Waals surface area contributed by atoms with Crippen LogP contribution in [0.3, 0.4) is 0 Å². The topological polar surface area (TPSA) is 35.5 Å². The van der Waals surface area contributed by atoms with Gasteiger partial charge in [-0.2, -0.15) is 0 Å². The molecule has 0 unspecified atom stereocenters. The van der Waals surface area contributed by atoms with Crippen LogP contribution in [0, 0.1) is 0 Å². The monoisotopic (exact) mass is 264 g/mol. The van der Waals surface area contributed by atoms with Crippen molar-refractivity contribution in [3.8, 4) is 5.75 Å². The number of hydrogen-bond donors (Lipinski definition) is 0. The van der Waals surface area contributed by atoms with E-state index in [-0.39, 0.29) is 17.8 Å². The summed E-state index contributed by atoms with van der Waals surface area (Å²) in [5.74, 6) is 0.575. The molecule has 0 bridgehead atoms. The predicted octanol–water partition coefficient (Wildman–Crippen LogP) is 3.71. The van der Waals surface area contributed by atoms with E-state index in [1.165, 1.54) is 5.56 Å². The molecular weight excluding hydrogens is 240 g/mol. The largest absolute Gasteiger partial charge is 0.493 e. The molecule has 1 aromatic carbocycles. The normalized spacial score (nSPS) is 11.2. The number of rotatable bonds is 7. The highest BCUT2D eigenvalue weighted by Crippen LogP contribution is 2.27. The number of hydrogen-bond acceptors (Lipinski definition) is 3. The summed E-state index contributed by atoms with van der Waals surface area (Å²) in [6.07, 6.45) is 1.38. The van der Waals surface area contributed by atoms with Crippen LogP contribution in [-0.4, -0.2) is 19.2 Å². The second-order valence-electron chi connectivity index (χ2n) is 5.17. The fourth-order valence-electron chi connectivity index (χ4n) is 1.69. The number of esters is 1. The minimum atomic E-state index is -0.216. The average Bonchev–Trinajstić information content (AvgIpc) is 2.40. The van der Waals surface area contributed by atoms with Crippen LogP contribution in [0.25, 0.3) is 0 Å². The van der Waals surface area contributed by atoms with Crippen LogP contribution in [-0.2, 0) is 14.9 Å². The van der Waals surface area contributed by atoms with Gasteiger partial charge in [0.15, 0.2) is 0 Å². The van der Waals surface area contributed by atoms with Gasteiger partial charge < -0.3 is 9.47 Å². The van der Waals surface area contributed by atoms with E-state index in [2.05, 4.69) is 32.9 Å². The van der Waals surface area contributed by atoms with Crippen molar-refractivity contribution in [2.24, 2.45) is 0 Å². The van der Waals surface area contributed by atoms with Gasteiger partial charge in [-0.15, -0.1) is 0 Å². The molecule has 0 atom stereocenters. The molecule has 0 saturated carbocycles. The summed E-state index contributed by atoms with van der Waals surface area (Å²) in [6.45, 7) is 9.21. The van der Waals surface area contributed by atoms with Crippen molar-refractivity contribution in [3.05, 3.63) is 29.8 Å². The Morgan fingerprint density at radius 3 is 2.32 bits per heavy atom. The molecule has 0 amide bonds. The SMILES string of the molecule is CCOC(=O)CCOc1ccc(C(C)(C)CC)cc1. The molecular formula is C16H24O3. The molecule has 3 nitrogen and oxygen atoms in total. The lowest BCUT2D eigenvalue weighted by atomic mass is 9.82. The predicted molar refractivity (Wildman–Crippen MR) is 76.5 cm³/mol. The number of benzene rings is 1. The summed E-state index contributed by atoms with van der Waals surface area (Å²) >= 11 is 0. The maximum Gasteiger partial charge on any atom is 0.309 e. The third-order valence-corrected chi connectivity index (χ3v) is 3.40. The molecule has 0 aromatic heterocycles. The molecule has 0 N–H and O–H groups in total. The lowest BCUT2D eigenvalue weighted by molar-refractivity contribution is -0.143. The van der Waals surface area contributed by atoms with Gasteiger partial charge in [-0.3, -0.25) is 4.79 Å². The molecule has 1 rings (SSSR count). The van der Waals surface area contributed by atoms with E-state index >= 15 is 0 Å². The Balaban J connectivity index is 2.47. The van der Waals surface area contributed by atoms with Crippen molar-refractivity contribution in [3.63, 3.8) is 0 Å². The first-order valence-corrected chi connectivity index (χ1v) is 6.88. The summed E-state index contributed by atoms with van der Waals surface area (Å²) in [6, 6.07) is 8.09. The van der Waals surface area contributed by atoms with Gasteiger partial charge in [0, 0.05) is 0 Å². The molecule has 0 radical (unpaired) electrons. The number of carbonyl (C=O) groups is 1. The number of carbonyl (C=O) groups excluding carboxylic acids is 1. The van der Waals surface area contributed by atoms with Crippen LogP contribution >= 0.6 is 0 Å². The van der Waals surface area contributed by atoms with E-state index in [4.69, 9.17) is 9.47 Å². The van der Waals surface area contributed by atoms with Gasteiger partial charge in [-0.25, -0.2) is 0 Å². The summed E-state index contributed by atoms with van der Waals surface area (Å²) in [5, 5.41) is 0. The van der Waals surface area contributed by atoms with E-state index in [1.807, 2.05) is 12.1 Å². The van der Waals surface area contributed by atoms with E-state index in [0.29, 0.717) is 13.2 Å². The van der Waals surface area contributed by atoms with Crippen LogP contribution in [0.5, 0.6) is 5.75 Å². The molecule has 0 spiro atoms. The van der Waals surface area contributed by atoms with E-state index in [9.17, 15) is 4.79 Å². The smallest absolute Gasteiger partial charge is 0.309 e. The standard InChI is InChI=1S/C16H24O3/c1-5-16(3,4)13-7-9-14(10-8-13)19-12-11-15(17)18-6-2/h7-10H,5-6,11-12H2,1-4H3. The Morgan fingerprint density at radius 2 is 1.79 bits per heavy atom. The summed E-state index contributed by atoms with van der Waals surface area (Å²) in [5.41, 5.74) is 1.48. The fourth-order valence-corrected chi connectivity index (χ4v) is 1.69. The third kappa shape index (κ3) is 4.93. The van der Waals surface area contributed by atoms with Gasteiger partial charge in [0.25, 0.3) is 0 Å². The van der Waals surface area contributed by atoms with Crippen LogP contribution in [0.1, 0.15) is 46.1 Å². The zero-order valence-electron chi connectivity index (χ0n) is 12.4. The van der Waals surface area contributed by atoms with Gasteiger partial charge in [0.1, 0.15) is 5.75 Å². The van der Waals surface area contributed by atoms with Crippen molar-refractivity contribution < 1.29 is 14.3 Å². The Labute approximate surface area is 115 Å². The maximum atomic E-state index is 11.2. The van der Waals surface area contributed by atoms with Crippen molar-refractivity contribution in [2.75, 3.05) is 13.2 Å². The third-order valence-electron chi connectivity index (χ3n) is 3.40. The van der Waals surface area contributed by atoms with Crippen LogP contribution < -0.4 is 4.74 Å². The van der Waals surface area contributed by atoms with E-state index in [0.717, 1.165) is 12.2 Å². The van der Waals surface area contributed by atoms with Gasteiger partial charge in [0.2, 0.25) is 0 Å². The van der Waals surface area contributed by atoms with Crippen molar-refractivity contribution in [1.82, 2.24) is 0 Å². The Morgan fingerprint density at radius 1 is 1.16 bits per heavy atom. The van der Waals surface area contributed by atoms with Gasteiger partial charge in [0.05, 0.1) is 19.6 Å². The van der Waals surface area contributed by atoms with Gasteiger partial charge in [-0.1, -0.05) is 32.9 Å². The van der Waals surface area contributed by atoms with Crippen LogP contribution in [0.2, 0.25) is 0 Å². The highest BCUT2D eigenvalue weighted by atomic mass is 16.5. The summed E-state index contributed by atoms with van der Waals surface area (Å²) in [4.78, 5) is 11.2. The maximum absolute atomic E-state index is 11.2. The van der Waals surface area contributed by atoms with E-state index in [1.54, 1.807) is 6.92 Å². The van der Waals surface area contributed by atoms with Crippen molar-refractivity contribution in [2.45, 2.75) is 46.0 Å². The Bertz CT molecular complexity index is 393. The lowest BCUT2D eigenvalue weighted by Crippen LogP contribution is -2.15. The molecule has 106 valence electrons. The van der Waals surface area contributed by atoms with E-state index < -0.39 is 0 Å². The minimum Gasteiger partial charge on any atom is -0.493 e. The molecule has 0 fully saturated rings. The zero-order chi connectivity index (χ0) is 14.3. The quantitative estimate of drug-likeness (QED) is 0.704. The Kier molecular flexibility index (Phi) is 5.87. The molecule has 3 heteroatoms. The van der Waals surface area contributed by atoms with Gasteiger partial charge >= 0.3 is 5.97 Å². The second-order valence-corrected chi connectivity index (χ2v) is 5.17. The van der Waals surface area contributed by atoms with Crippen LogP contribution in [0.4, 0.5) is 0 Å². The minimum absolute atomic E-state index is 0.184. The summed E-state index contributed by atoms with van der Waals surface area (Å²) in [7, 11) is 0. The highest BCUT2D eigenvalue weighted by molar-refractivity contribution is 5.69. The zero-order valence-corrected chi connectivity index (χ0v) is 12.4. The lowest BCUT2D eigenvalue weighted by Gasteiger charge is -2.23. The molecule has 0 heterocycles. The molecule has 0 aliphatic heterocycles. The highest BCUT2D eigenvalue weighted by Gasteiger charge is 2.17. The molecule has 19 heavy (non-hydrogen) atoms. The second kappa shape index (κ2) is 7.17. The summed E-state index contributed by atoms with van der Waals surface area (Å²) < 4.78 is 10.4. The van der Waals surface area contributed by atoms with Crippen molar-refractivity contribution in [1.29, 1.82) is 0 Å². The Hall–Kier alpha value is -1.51. The fraction of sp³-hybridized carbons (Fsp3) is 0.562. The average molecular weight is 264 g/mol. The first-order valence-electron chi connectivity index (χ1n) is 6.88. The van der Waals surface area contributed by atoms with Crippen molar-refractivity contribution >= 4 is 5.97 Å². The molecule has 0 aliphatic rings. The molecule has 0 saturated heterocycles. The number of ether oxygens (including phenoxy) is 2.